The molecule has 1 aromatic rings. The summed E-state index contributed by atoms with van der Waals surface area (Å²) in [5.74, 6) is 2.49. The second kappa shape index (κ2) is 12.5. The van der Waals surface area contributed by atoms with E-state index in [1.165, 1.54) is 32.2 Å². The summed E-state index contributed by atoms with van der Waals surface area (Å²) < 4.78 is 11.7. The zero-order valence-corrected chi connectivity index (χ0v) is 20.4. The van der Waals surface area contributed by atoms with Crippen molar-refractivity contribution in [2.45, 2.75) is 64.1 Å². The number of ether oxygens (including phenoxy) is 2. The van der Waals surface area contributed by atoms with Crippen LogP contribution in [-0.4, -0.2) is 56.8 Å². The van der Waals surface area contributed by atoms with E-state index in [9.17, 15) is 0 Å². The van der Waals surface area contributed by atoms with Gasteiger partial charge in [0.2, 0.25) is 0 Å². The molecule has 29 heavy (non-hydrogen) atoms. The molecule has 0 spiro atoms. The first-order valence-electron chi connectivity index (χ1n) is 10.8. The first kappa shape index (κ1) is 24.1. The van der Waals surface area contributed by atoms with Gasteiger partial charge in [-0.3, -0.25) is 9.89 Å². The van der Waals surface area contributed by atoms with E-state index in [0.29, 0.717) is 18.7 Å². The van der Waals surface area contributed by atoms with Gasteiger partial charge < -0.3 is 20.1 Å². The van der Waals surface area contributed by atoms with E-state index in [-0.39, 0.29) is 24.0 Å². The summed E-state index contributed by atoms with van der Waals surface area (Å²) in [6, 6.07) is 6.79. The largest absolute Gasteiger partial charge is 0.493 e. The van der Waals surface area contributed by atoms with Crippen LogP contribution in [0.3, 0.4) is 0 Å². The number of rotatable bonds is 8. The van der Waals surface area contributed by atoms with Crippen molar-refractivity contribution < 1.29 is 9.47 Å². The molecule has 2 aliphatic rings. The Morgan fingerprint density at radius 1 is 1.14 bits per heavy atom. The van der Waals surface area contributed by atoms with Gasteiger partial charge in [0.15, 0.2) is 17.5 Å². The predicted octanol–water partition coefficient (Wildman–Crippen LogP) is 3.78. The van der Waals surface area contributed by atoms with Crippen LogP contribution >= 0.6 is 24.0 Å². The minimum Gasteiger partial charge on any atom is -0.493 e. The van der Waals surface area contributed by atoms with Crippen LogP contribution in [0.15, 0.2) is 23.2 Å². The Bertz CT molecular complexity index is 650. The summed E-state index contributed by atoms with van der Waals surface area (Å²) in [4.78, 5) is 6.90. The number of nitrogens with one attached hydrogen (secondary N) is 2. The summed E-state index contributed by atoms with van der Waals surface area (Å²) >= 11 is 0. The van der Waals surface area contributed by atoms with Crippen LogP contribution in [0.25, 0.3) is 0 Å². The third-order valence-electron chi connectivity index (χ3n) is 5.92. The lowest BCUT2D eigenvalue weighted by molar-refractivity contribution is 0.200. The number of benzene rings is 1. The third kappa shape index (κ3) is 6.91. The average Bonchev–Trinajstić information content (AvgIpc) is 3.40. The maximum atomic E-state index is 6.13. The quantitative estimate of drug-likeness (QED) is 0.313. The van der Waals surface area contributed by atoms with Gasteiger partial charge in [0.05, 0.1) is 13.2 Å². The smallest absolute Gasteiger partial charge is 0.191 e. The normalized spacial score (nSPS) is 20.4. The number of halogens is 1. The summed E-state index contributed by atoms with van der Waals surface area (Å²) in [6.45, 7) is 6.20. The van der Waals surface area contributed by atoms with E-state index in [4.69, 9.17) is 9.47 Å². The maximum Gasteiger partial charge on any atom is 0.191 e. The summed E-state index contributed by atoms with van der Waals surface area (Å²) in [5.41, 5.74) is 1.15. The van der Waals surface area contributed by atoms with Gasteiger partial charge in [0, 0.05) is 26.2 Å². The average molecular weight is 516 g/mol. The van der Waals surface area contributed by atoms with E-state index in [1.54, 1.807) is 7.11 Å². The summed E-state index contributed by atoms with van der Waals surface area (Å²) in [6.07, 6.45) is 7.70. The van der Waals surface area contributed by atoms with E-state index in [2.05, 4.69) is 39.6 Å². The van der Waals surface area contributed by atoms with E-state index >= 15 is 0 Å². The number of hydrogen-bond donors (Lipinski definition) is 2. The molecule has 1 atom stereocenters. The van der Waals surface area contributed by atoms with Gasteiger partial charge in [-0.15, -0.1) is 24.0 Å². The molecule has 0 radical (unpaired) electrons. The molecule has 1 unspecified atom stereocenters. The van der Waals surface area contributed by atoms with E-state index < -0.39 is 0 Å². The lowest BCUT2D eigenvalue weighted by atomic mass is 10.2. The Labute approximate surface area is 192 Å². The molecular weight excluding hydrogens is 479 g/mol. The monoisotopic (exact) mass is 516 g/mol. The number of methoxy groups -OCH3 is 1. The molecule has 3 rings (SSSR count). The van der Waals surface area contributed by atoms with Gasteiger partial charge in [-0.05, 0) is 69.3 Å². The zero-order chi connectivity index (χ0) is 19.8. The van der Waals surface area contributed by atoms with Gasteiger partial charge in [-0.1, -0.05) is 13.0 Å². The van der Waals surface area contributed by atoms with Crippen LogP contribution in [0.4, 0.5) is 0 Å². The highest BCUT2D eigenvalue weighted by atomic mass is 127. The SMILES string of the molecule is CCN1CCCC1CNC(=NC)NCc1ccc(OC2CCCC2)c(OC)c1.I. The molecule has 1 saturated carbocycles. The lowest BCUT2D eigenvalue weighted by Crippen LogP contribution is -2.44. The molecule has 1 heterocycles. The molecule has 7 heteroatoms. The third-order valence-corrected chi connectivity index (χ3v) is 5.92. The van der Waals surface area contributed by atoms with Gasteiger partial charge in [-0.25, -0.2) is 0 Å². The Morgan fingerprint density at radius 3 is 2.62 bits per heavy atom. The van der Waals surface area contributed by atoms with Crippen molar-refractivity contribution in [2.75, 3.05) is 33.8 Å². The van der Waals surface area contributed by atoms with Gasteiger partial charge in [0.25, 0.3) is 0 Å². The molecule has 0 aromatic heterocycles. The summed E-state index contributed by atoms with van der Waals surface area (Å²) in [5, 5.41) is 6.89. The van der Waals surface area contributed by atoms with Gasteiger partial charge in [0.1, 0.15) is 0 Å². The fourth-order valence-electron chi connectivity index (χ4n) is 4.27. The van der Waals surface area contributed by atoms with Crippen molar-refractivity contribution in [2.24, 2.45) is 4.99 Å². The molecule has 1 aromatic carbocycles. The van der Waals surface area contributed by atoms with E-state index in [0.717, 1.165) is 49.0 Å². The zero-order valence-electron chi connectivity index (χ0n) is 18.1. The highest BCUT2D eigenvalue weighted by molar-refractivity contribution is 14.0. The number of likely N-dealkylation sites (N-methyl/N-ethyl adjacent to an activating group) is 1. The standard InChI is InChI=1S/C22H36N4O2.HI/c1-4-26-13-7-8-18(26)16-25-22(23-2)24-15-17-11-12-20(21(14-17)27-3)28-19-9-5-6-10-19;/h11-12,14,18-19H,4-10,13,15-16H2,1-3H3,(H2,23,24,25);1H. The molecule has 0 bridgehead atoms. The number of likely N-dealkylation sites (tertiary alicyclic amines) is 1. The van der Waals surface area contributed by atoms with Crippen LogP contribution in [0, 0.1) is 0 Å². The van der Waals surface area contributed by atoms with Crippen LogP contribution in [-0.2, 0) is 6.54 Å². The van der Waals surface area contributed by atoms with Gasteiger partial charge >= 0.3 is 0 Å². The van der Waals surface area contributed by atoms with Crippen molar-refractivity contribution >= 4 is 29.9 Å². The molecule has 6 nitrogen and oxygen atoms in total. The lowest BCUT2D eigenvalue weighted by Gasteiger charge is -2.24. The fraction of sp³-hybridized carbons (Fsp3) is 0.682. The van der Waals surface area contributed by atoms with E-state index in [1.807, 2.05) is 13.1 Å². The Hall–Kier alpha value is -1.22. The van der Waals surface area contributed by atoms with Crippen LogP contribution < -0.4 is 20.1 Å². The minimum absolute atomic E-state index is 0. The molecular formula is C22H37IN4O2. The van der Waals surface area contributed by atoms with Crippen LogP contribution in [0.5, 0.6) is 11.5 Å². The second-order valence-electron chi connectivity index (χ2n) is 7.74. The molecule has 2 fully saturated rings. The van der Waals surface area contributed by atoms with Crippen molar-refractivity contribution in [3.05, 3.63) is 23.8 Å². The first-order valence-corrected chi connectivity index (χ1v) is 10.8. The highest BCUT2D eigenvalue weighted by Gasteiger charge is 2.23. The highest BCUT2D eigenvalue weighted by Crippen LogP contribution is 2.32. The Kier molecular flexibility index (Phi) is 10.3. The molecule has 1 saturated heterocycles. The fourth-order valence-corrected chi connectivity index (χ4v) is 4.27. The summed E-state index contributed by atoms with van der Waals surface area (Å²) in [7, 11) is 3.52. The number of aliphatic imine (C=N–C) groups is 1. The van der Waals surface area contributed by atoms with Crippen molar-refractivity contribution in [3.63, 3.8) is 0 Å². The van der Waals surface area contributed by atoms with Gasteiger partial charge in [-0.2, -0.15) is 0 Å². The Morgan fingerprint density at radius 2 is 1.93 bits per heavy atom. The molecule has 0 amide bonds. The number of hydrogen-bond acceptors (Lipinski definition) is 4. The minimum atomic E-state index is 0. The number of nitrogens with zero attached hydrogens (tertiary/aromatic N) is 2. The van der Waals surface area contributed by atoms with Crippen LogP contribution in [0.1, 0.15) is 51.0 Å². The maximum absolute atomic E-state index is 6.13. The topological polar surface area (TPSA) is 58.1 Å². The molecule has 1 aliphatic heterocycles. The van der Waals surface area contributed by atoms with Crippen molar-refractivity contribution in [1.82, 2.24) is 15.5 Å². The molecule has 1 aliphatic carbocycles. The number of guanidine groups is 1. The molecule has 164 valence electrons. The van der Waals surface area contributed by atoms with Crippen LogP contribution in [0.2, 0.25) is 0 Å². The predicted molar refractivity (Wildman–Crippen MR) is 130 cm³/mol. The van der Waals surface area contributed by atoms with Crippen molar-refractivity contribution in [1.29, 1.82) is 0 Å². The Balaban J connectivity index is 0.00000300. The molecule has 2 N–H and O–H groups in total. The van der Waals surface area contributed by atoms with Crippen molar-refractivity contribution in [3.8, 4) is 11.5 Å². The first-order chi connectivity index (χ1) is 13.7. The second-order valence-corrected chi connectivity index (χ2v) is 7.74.